The van der Waals surface area contributed by atoms with Gasteiger partial charge in [-0.15, -0.1) is 0 Å². The summed E-state index contributed by atoms with van der Waals surface area (Å²) in [7, 11) is 1.52. The second-order valence-electron chi connectivity index (χ2n) is 7.59. The molecular weight excluding hydrogens is 406 g/mol. The Morgan fingerprint density at radius 2 is 1.83 bits per heavy atom. The number of halogens is 1. The number of nitrogens with one attached hydrogen (secondary N) is 1. The fraction of sp³-hybridized carbons (Fsp3) is 0.364. The summed E-state index contributed by atoms with van der Waals surface area (Å²) >= 11 is 6.31. The molecule has 0 aliphatic rings. The lowest BCUT2D eigenvalue weighted by Crippen LogP contribution is -2.24. The molecule has 162 valence electrons. The van der Waals surface area contributed by atoms with Crippen molar-refractivity contribution in [3.05, 3.63) is 52.5 Å². The predicted molar refractivity (Wildman–Crippen MR) is 119 cm³/mol. The minimum absolute atomic E-state index is 0.116. The Kier molecular flexibility index (Phi) is 8.35. The first-order valence-electron chi connectivity index (χ1n) is 9.53. The summed E-state index contributed by atoms with van der Waals surface area (Å²) in [6.07, 6.45) is 2.08. The number of benzene rings is 2. The topological polar surface area (TPSA) is 95.2 Å². The third-order valence-corrected chi connectivity index (χ3v) is 4.45. The lowest BCUT2D eigenvalue weighted by molar-refractivity contribution is 0.240. The van der Waals surface area contributed by atoms with E-state index in [1.807, 2.05) is 12.1 Å². The van der Waals surface area contributed by atoms with Gasteiger partial charge in [0.25, 0.3) is 0 Å². The maximum absolute atomic E-state index is 10.7. The molecule has 0 unspecified atom stereocenters. The molecule has 2 aromatic carbocycles. The van der Waals surface area contributed by atoms with Crippen LogP contribution in [0.4, 0.5) is 4.79 Å². The average molecular weight is 434 g/mol. The molecule has 0 heterocycles. The zero-order chi connectivity index (χ0) is 22.1. The lowest BCUT2D eigenvalue weighted by Gasteiger charge is -2.19. The summed E-state index contributed by atoms with van der Waals surface area (Å²) in [5.74, 6) is 1.72. The highest BCUT2D eigenvalue weighted by Gasteiger charge is 2.13. The number of rotatable bonds is 9. The smallest absolute Gasteiger partial charge is 0.332 e. The van der Waals surface area contributed by atoms with E-state index in [0.29, 0.717) is 41.7 Å². The summed E-state index contributed by atoms with van der Waals surface area (Å²) in [4.78, 5) is 10.7. The van der Waals surface area contributed by atoms with Crippen LogP contribution in [0.25, 0.3) is 0 Å². The molecule has 0 radical (unpaired) electrons. The van der Waals surface area contributed by atoms with Gasteiger partial charge in [-0.2, -0.15) is 5.10 Å². The van der Waals surface area contributed by atoms with Gasteiger partial charge >= 0.3 is 6.03 Å². The van der Waals surface area contributed by atoms with Gasteiger partial charge < -0.3 is 19.9 Å². The van der Waals surface area contributed by atoms with E-state index in [2.05, 4.69) is 43.4 Å². The summed E-state index contributed by atoms with van der Waals surface area (Å²) in [5.41, 5.74) is 9.08. The van der Waals surface area contributed by atoms with E-state index in [4.69, 9.17) is 31.5 Å². The second-order valence-corrected chi connectivity index (χ2v) is 8.00. The van der Waals surface area contributed by atoms with Crippen LogP contribution < -0.4 is 25.4 Å². The number of hydrogen-bond acceptors (Lipinski definition) is 5. The van der Waals surface area contributed by atoms with Crippen LogP contribution in [0.1, 0.15) is 38.3 Å². The molecule has 0 aliphatic carbocycles. The molecule has 0 aliphatic heterocycles. The largest absolute Gasteiger partial charge is 0.493 e. The fourth-order valence-electron chi connectivity index (χ4n) is 2.60. The number of carbonyl (C=O) groups excluding carboxylic acids is 1. The Labute approximate surface area is 182 Å². The zero-order valence-electron chi connectivity index (χ0n) is 17.7. The van der Waals surface area contributed by atoms with Crippen LogP contribution >= 0.6 is 11.6 Å². The number of nitrogens with two attached hydrogens (primary N) is 1. The summed E-state index contributed by atoms with van der Waals surface area (Å²) in [5, 5.41) is 4.07. The van der Waals surface area contributed by atoms with E-state index >= 15 is 0 Å². The van der Waals surface area contributed by atoms with Crippen molar-refractivity contribution >= 4 is 23.8 Å². The fourth-order valence-corrected chi connectivity index (χ4v) is 2.87. The first-order chi connectivity index (χ1) is 14.2. The molecule has 0 saturated carbocycles. The molecule has 0 saturated heterocycles. The Balaban J connectivity index is 1.86. The normalized spacial score (nSPS) is 11.4. The standard InChI is InChI=1S/C22H28ClN3O4/c1-22(2,3)16-6-8-17(9-7-16)29-10-5-11-30-20-18(23)12-15(13-19(20)28-4)14-25-26-21(24)27/h6-9,12-14H,5,10-11H2,1-4H3,(H3,24,26,27). The number of hydrogen-bond donors (Lipinski definition) is 2. The molecule has 0 spiro atoms. The maximum Gasteiger partial charge on any atom is 0.332 e. The van der Waals surface area contributed by atoms with Gasteiger partial charge in [-0.3, -0.25) is 0 Å². The number of amides is 2. The van der Waals surface area contributed by atoms with Crippen molar-refractivity contribution in [3.63, 3.8) is 0 Å². The van der Waals surface area contributed by atoms with Gasteiger partial charge in [-0.25, -0.2) is 10.2 Å². The van der Waals surface area contributed by atoms with E-state index in [1.54, 1.807) is 12.1 Å². The van der Waals surface area contributed by atoms with Crippen LogP contribution in [0, 0.1) is 0 Å². The number of primary amides is 1. The Morgan fingerprint density at radius 1 is 1.17 bits per heavy atom. The third-order valence-electron chi connectivity index (χ3n) is 4.16. The molecule has 0 bridgehead atoms. The third kappa shape index (κ3) is 7.15. The van der Waals surface area contributed by atoms with Crippen molar-refractivity contribution in [3.8, 4) is 17.2 Å². The quantitative estimate of drug-likeness (QED) is 0.346. The Hall–Kier alpha value is -2.93. The highest BCUT2D eigenvalue weighted by Crippen LogP contribution is 2.36. The van der Waals surface area contributed by atoms with Crippen LogP contribution in [-0.4, -0.2) is 32.6 Å². The van der Waals surface area contributed by atoms with Crippen LogP contribution in [0.2, 0.25) is 5.02 Å². The van der Waals surface area contributed by atoms with E-state index in [9.17, 15) is 4.79 Å². The minimum atomic E-state index is -0.753. The van der Waals surface area contributed by atoms with Crippen molar-refractivity contribution in [2.75, 3.05) is 20.3 Å². The number of nitrogens with zero attached hydrogens (tertiary/aromatic N) is 1. The molecule has 2 amide bonds. The van der Waals surface area contributed by atoms with Crippen molar-refractivity contribution in [1.29, 1.82) is 0 Å². The van der Waals surface area contributed by atoms with E-state index < -0.39 is 6.03 Å². The van der Waals surface area contributed by atoms with Crippen LogP contribution in [0.3, 0.4) is 0 Å². The summed E-state index contributed by atoms with van der Waals surface area (Å²) in [6, 6.07) is 10.7. The molecule has 3 N–H and O–H groups in total. The number of methoxy groups -OCH3 is 1. The van der Waals surface area contributed by atoms with Gasteiger partial charge in [0.1, 0.15) is 5.75 Å². The van der Waals surface area contributed by atoms with Gasteiger partial charge in [0.15, 0.2) is 11.5 Å². The molecular formula is C22H28ClN3O4. The number of hydrazone groups is 1. The van der Waals surface area contributed by atoms with Crippen molar-refractivity contribution < 1.29 is 19.0 Å². The Morgan fingerprint density at radius 3 is 2.43 bits per heavy atom. The maximum atomic E-state index is 10.7. The monoisotopic (exact) mass is 433 g/mol. The van der Waals surface area contributed by atoms with Crippen LogP contribution in [0.5, 0.6) is 17.2 Å². The van der Waals surface area contributed by atoms with Gasteiger partial charge in [-0.1, -0.05) is 44.5 Å². The average Bonchev–Trinajstić information content (AvgIpc) is 2.68. The molecule has 2 rings (SSSR count). The molecule has 0 atom stereocenters. The van der Waals surface area contributed by atoms with E-state index in [1.165, 1.54) is 18.9 Å². The zero-order valence-corrected chi connectivity index (χ0v) is 18.5. The molecule has 0 fully saturated rings. The summed E-state index contributed by atoms with van der Waals surface area (Å²) in [6.45, 7) is 7.45. The minimum Gasteiger partial charge on any atom is -0.493 e. The number of urea groups is 1. The van der Waals surface area contributed by atoms with Crippen LogP contribution in [-0.2, 0) is 5.41 Å². The van der Waals surface area contributed by atoms with E-state index in [0.717, 1.165) is 5.75 Å². The van der Waals surface area contributed by atoms with Gasteiger partial charge in [0.2, 0.25) is 0 Å². The number of ether oxygens (including phenoxy) is 3. The first-order valence-corrected chi connectivity index (χ1v) is 9.90. The summed E-state index contributed by atoms with van der Waals surface area (Å²) < 4.78 is 16.9. The molecule has 0 aromatic heterocycles. The SMILES string of the molecule is COc1cc(C=NNC(N)=O)cc(Cl)c1OCCCOc1ccc(C(C)(C)C)cc1. The van der Waals surface area contributed by atoms with Crippen LogP contribution in [0.15, 0.2) is 41.5 Å². The highest BCUT2D eigenvalue weighted by molar-refractivity contribution is 6.32. The Bertz CT molecular complexity index is 877. The molecule has 8 heteroatoms. The predicted octanol–water partition coefficient (Wildman–Crippen LogP) is 4.50. The van der Waals surface area contributed by atoms with Gasteiger partial charge in [0, 0.05) is 6.42 Å². The number of carbonyl (C=O) groups is 1. The van der Waals surface area contributed by atoms with Crippen molar-refractivity contribution in [2.24, 2.45) is 10.8 Å². The second kappa shape index (κ2) is 10.7. The van der Waals surface area contributed by atoms with Gasteiger partial charge in [0.05, 0.1) is 31.6 Å². The van der Waals surface area contributed by atoms with Crippen molar-refractivity contribution in [2.45, 2.75) is 32.6 Å². The van der Waals surface area contributed by atoms with Crippen molar-refractivity contribution in [1.82, 2.24) is 5.43 Å². The van der Waals surface area contributed by atoms with Gasteiger partial charge in [-0.05, 0) is 40.8 Å². The first kappa shape index (κ1) is 23.3. The molecule has 7 nitrogen and oxygen atoms in total. The molecule has 30 heavy (non-hydrogen) atoms. The van der Waals surface area contributed by atoms with E-state index in [-0.39, 0.29) is 5.41 Å². The lowest BCUT2D eigenvalue weighted by atomic mass is 9.87. The highest BCUT2D eigenvalue weighted by atomic mass is 35.5. The molecule has 2 aromatic rings.